The Morgan fingerprint density at radius 1 is 1.46 bits per heavy atom. The normalized spacial score (nSPS) is 10.5. The molecular weight excluding hydrogens is 200 g/mol. The van der Waals surface area contributed by atoms with Crippen LogP contribution in [-0.2, 0) is 14.3 Å². The van der Waals surface area contributed by atoms with Crippen molar-refractivity contribution in [1.82, 2.24) is 0 Å². The maximum absolute atomic E-state index is 11.0. The molecule has 5 heteroatoms. The van der Waals surface area contributed by atoms with Crippen LogP contribution in [0.1, 0.15) is 29.0 Å². The van der Waals surface area contributed by atoms with Gasteiger partial charge < -0.3 is 2.85 Å². The SMILES string of the molecule is C=CCOS(=O)(=O)CCCCC.[H-].[H-].[Mg+2]. The summed E-state index contributed by atoms with van der Waals surface area (Å²) in [6.45, 7) is 5.47. The zero-order valence-electron chi connectivity index (χ0n) is 10.2. The topological polar surface area (TPSA) is 43.4 Å². The van der Waals surface area contributed by atoms with Gasteiger partial charge in [-0.2, -0.15) is 8.42 Å². The summed E-state index contributed by atoms with van der Waals surface area (Å²) in [7, 11) is -3.29. The van der Waals surface area contributed by atoms with Crippen LogP contribution < -0.4 is 0 Å². The van der Waals surface area contributed by atoms with Crippen molar-refractivity contribution in [3.8, 4) is 0 Å². The molecule has 0 saturated carbocycles. The van der Waals surface area contributed by atoms with Gasteiger partial charge in [0, 0.05) is 0 Å². The van der Waals surface area contributed by atoms with Crippen LogP contribution in [0.3, 0.4) is 0 Å². The van der Waals surface area contributed by atoms with Gasteiger partial charge in [0.15, 0.2) is 0 Å². The van der Waals surface area contributed by atoms with E-state index in [9.17, 15) is 8.42 Å². The van der Waals surface area contributed by atoms with E-state index in [-0.39, 0.29) is 38.3 Å². The van der Waals surface area contributed by atoms with Gasteiger partial charge in [0.05, 0.1) is 12.4 Å². The number of hydrogen-bond acceptors (Lipinski definition) is 3. The Kier molecular flexibility index (Phi) is 11.0. The van der Waals surface area contributed by atoms with Gasteiger partial charge in [-0.05, 0) is 6.42 Å². The second kappa shape index (κ2) is 8.99. The van der Waals surface area contributed by atoms with Crippen LogP contribution in [-0.4, -0.2) is 43.8 Å². The molecule has 0 rings (SSSR count). The fourth-order valence-electron chi connectivity index (χ4n) is 0.740. The summed E-state index contributed by atoms with van der Waals surface area (Å²) in [5.74, 6) is 0.120. The third-order valence-electron chi connectivity index (χ3n) is 1.36. The van der Waals surface area contributed by atoms with Gasteiger partial charge in [-0.1, -0.05) is 25.8 Å². The average Bonchev–Trinajstić information content (AvgIpc) is 2.01. The summed E-state index contributed by atoms with van der Waals surface area (Å²) in [5, 5.41) is 0. The summed E-state index contributed by atoms with van der Waals surface area (Å²) in [4.78, 5) is 0. The molecule has 0 aromatic carbocycles. The average molecular weight is 219 g/mol. The second-order valence-electron chi connectivity index (χ2n) is 2.54. The van der Waals surface area contributed by atoms with Crippen LogP contribution in [0.25, 0.3) is 0 Å². The fourth-order valence-corrected chi connectivity index (χ4v) is 1.72. The first-order valence-electron chi connectivity index (χ1n) is 4.10. The molecule has 0 bridgehead atoms. The van der Waals surface area contributed by atoms with Gasteiger partial charge in [-0.25, -0.2) is 0 Å². The first kappa shape index (κ1) is 15.9. The molecule has 0 amide bonds. The van der Waals surface area contributed by atoms with Crippen molar-refractivity contribution < 1.29 is 15.5 Å². The second-order valence-corrected chi connectivity index (χ2v) is 4.30. The molecule has 13 heavy (non-hydrogen) atoms. The molecule has 0 atom stereocenters. The molecule has 0 unspecified atom stereocenters. The summed E-state index contributed by atoms with van der Waals surface area (Å²) in [6.07, 6.45) is 4.04. The van der Waals surface area contributed by atoms with E-state index in [2.05, 4.69) is 10.8 Å². The molecule has 0 radical (unpaired) electrons. The van der Waals surface area contributed by atoms with E-state index in [1.165, 1.54) is 6.08 Å². The van der Waals surface area contributed by atoms with Crippen LogP contribution in [0.4, 0.5) is 0 Å². The Morgan fingerprint density at radius 2 is 2.08 bits per heavy atom. The largest absolute Gasteiger partial charge is 2.00 e. The molecule has 76 valence electrons. The molecule has 0 fully saturated rings. The van der Waals surface area contributed by atoms with Crippen LogP contribution in [0.2, 0.25) is 0 Å². The van der Waals surface area contributed by atoms with Crippen LogP contribution in [0.15, 0.2) is 12.7 Å². The van der Waals surface area contributed by atoms with E-state index in [0.29, 0.717) is 6.42 Å². The Balaban J connectivity index is -0.000000202. The molecule has 0 aliphatic carbocycles. The fraction of sp³-hybridized carbons (Fsp3) is 0.750. The first-order chi connectivity index (χ1) is 5.62. The summed E-state index contributed by atoms with van der Waals surface area (Å²) in [6, 6.07) is 0. The third-order valence-corrected chi connectivity index (χ3v) is 2.65. The minimum absolute atomic E-state index is 0. The van der Waals surface area contributed by atoms with E-state index >= 15 is 0 Å². The Hall–Kier alpha value is 0.416. The summed E-state index contributed by atoms with van der Waals surface area (Å²) < 4.78 is 26.6. The van der Waals surface area contributed by atoms with Crippen LogP contribution >= 0.6 is 0 Å². The molecule has 0 spiro atoms. The third kappa shape index (κ3) is 10.3. The zero-order chi connectivity index (χ0) is 9.45. The monoisotopic (exact) mass is 218 g/mol. The standard InChI is InChI=1S/C8H16O3S.Mg.2H/c1-3-5-6-8-12(9,10)11-7-4-2;;;/h4H,2-3,5-8H2,1H3;;;/q;+2;2*-1. The molecule has 0 aromatic rings. The first-order valence-corrected chi connectivity index (χ1v) is 5.68. The maximum atomic E-state index is 11.0. The van der Waals surface area contributed by atoms with E-state index in [1.807, 2.05) is 6.92 Å². The van der Waals surface area contributed by atoms with Gasteiger partial charge in [-0.3, -0.25) is 4.18 Å². The maximum Gasteiger partial charge on any atom is 2.00 e. The van der Waals surface area contributed by atoms with Crippen molar-refractivity contribution >= 4 is 33.2 Å². The molecule has 0 heterocycles. The quantitative estimate of drug-likeness (QED) is 0.282. The summed E-state index contributed by atoms with van der Waals surface area (Å²) >= 11 is 0. The molecule has 0 N–H and O–H groups in total. The van der Waals surface area contributed by atoms with Crippen LogP contribution in [0, 0.1) is 0 Å². The van der Waals surface area contributed by atoms with E-state index in [0.717, 1.165) is 12.8 Å². The smallest absolute Gasteiger partial charge is 1.00 e. The van der Waals surface area contributed by atoms with E-state index in [1.54, 1.807) is 0 Å². The van der Waals surface area contributed by atoms with Gasteiger partial charge in [0.25, 0.3) is 10.1 Å². The molecule has 0 aromatic heterocycles. The van der Waals surface area contributed by atoms with Crippen molar-refractivity contribution in [2.24, 2.45) is 0 Å². The van der Waals surface area contributed by atoms with Crippen LogP contribution in [0.5, 0.6) is 0 Å². The minimum Gasteiger partial charge on any atom is -1.00 e. The van der Waals surface area contributed by atoms with Gasteiger partial charge in [0.2, 0.25) is 0 Å². The summed E-state index contributed by atoms with van der Waals surface area (Å²) in [5.41, 5.74) is 0. The predicted molar refractivity (Wildman–Crippen MR) is 57.4 cm³/mol. The van der Waals surface area contributed by atoms with Gasteiger partial charge in [-0.15, -0.1) is 6.58 Å². The van der Waals surface area contributed by atoms with Crippen molar-refractivity contribution in [3.05, 3.63) is 12.7 Å². The van der Waals surface area contributed by atoms with Crippen molar-refractivity contribution in [2.45, 2.75) is 26.2 Å². The van der Waals surface area contributed by atoms with E-state index in [4.69, 9.17) is 0 Å². The Labute approximate surface area is 99.8 Å². The van der Waals surface area contributed by atoms with Gasteiger partial charge >= 0.3 is 23.1 Å². The molecule has 0 aliphatic heterocycles. The van der Waals surface area contributed by atoms with Crippen molar-refractivity contribution in [3.63, 3.8) is 0 Å². The molecule has 0 aliphatic rings. The Bertz CT molecular complexity index is 220. The zero-order valence-corrected chi connectivity index (χ0v) is 10.4. The molecular formula is C8H18MgO3S. The van der Waals surface area contributed by atoms with Crippen molar-refractivity contribution in [1.29, 1.82) is 0 Å². The Morgan fingerprint density at radius 3 is 2.54 bits per heavy atom. The predicted octanol–water partition coefficient (Wildman–Crippen LogP) is 1.55. The number of rotatable bonds is 7. The van der Waals surface area contributed by atoms with Crippen molar-refractivity contribution in [2.75, 3.05) is 12.4 Å². The number of unbranched alkanes of at least 4 members (excludes halogenated alkanes) is 2. The molecule has 0 saturated heterocycles. The van der Waals surface area contributed by atoms with E-state index < -0.39 is 10.1 Å². The minimum atomic E-state index is -3.29. The molecule has 3 nitrogen and oxygen atoms in total. The number of hydrogen-bond donors (Lipinski definition) is 0. The van der Waals surface area contributed by atoms with Gasteiger partial charge in [0.1, 0.15) is 0 Å².